The number of benzene rings is 1. The Kier molecular flexibility index (Phi) is 17.3. The number of hydrogen-bond acceptors (Lipinski definition) is 10. The summed E-state index contributed by atoms with van der Waals surface area (Å²) in [7, 11) is 0. The number of nitrogens with zero attached hydrogens (tertiary/aromatic N) is 4. The molecule has 0 saturated carbocycles. The van der Waals surface area contributed by atoms with Gasteiger partial charge in [-0.15, -0.1) is 5.10 Å². The van der Waals surface area contributed by atoms with Crippen molar-refractivity contribution in [2.45, 2.75) is 111 Å². The van der Waals surface area contributed by atoms with E-state index in [2.05, 4.69) is 73.2 Å². The van der Waals surface area contributed by atoms with Gasteiger partial charge in [0.1, 0.15) is 11.8 Å². The van der Waals surface area contributed by atoms with Crippen molar-refractivity contribution in [3.8, 4) is 5.75 Å². The zero-order valence-electron chi connectivity index (χ0n) is 34.3. The van der Waals surface area contributed by atoms with Crippen LogP contribution in [0.25, 0.3) is 0 Å². The molecule has 0 aliphatic carbocycles. The van der Waals surface area contributed by atoms with E-state index in [1.165, 1.54) is 5.57 Å². The number of aromatic nitrogens is 3. The lowest BCUT2D eigenvalue weighted by Gasteiger charge is -2.35. The number of nitrogens with one attached hydrogen (secondary N) is 4. The van der Waals surface area contributed by atoms with E-state index in [0.717, 1.165) is 56.7 Å². The van der Waals surface area contributed by atoms with Crippen LogP contribution in [-0.2, 0) is 19.7 Å². The number of allylic oxidation sites excluding steroid dienone is 3. The zero-order valence-corrected chi connectivity index (χ0v) is 34.3. The molecule has 12 heteroatoms. The fourth-order valence-corrected chi connectivity index (χ4v) is 6.46. The van der Waals surface area contributed by atoms with E-state index in [0.29, 0.717) is 36.8 Å². The number of piperazine rings is 1. The fourth-order valence-electron chi connectivity index (χ4n) is 6.46. The van der Waals surface area contributed by atoms with Gasteiger partial charge in [0.15, 0.2) is 6.61 Å². The zero-order chi connectivity index (χ0) is 39.9. The quantitative estimate of drug-likeness (QED) is 0.0449. The summed E-state index contributed by atoms with van der Waals surface area (Å²) in [6, 6.07) is 7.10. The van der Waals surface area contributed by atoms with Crippen molar-refractivity contribution < 1.29 is 19.0 Å². The Labute approximate surface area is 323 Å². The molecule has 0 bridgehead atoms. The first-order chi connectivity index (χ1) is 25.7. The van der Waals surface area contributed by atoms with Gasteiger partial charge in [-0.05, 0) is 77.0 Å². The van der Waals surface area contributed by atoms with E-state index in [9.17, 15) is 4.79 Å². The van der Waals surface area contributed by atoms with Crippen molar-refractivity contribution in [1.82, 2.24) is 30.5 Å². The molecular formula is C42H66N8O4. The highest BCUT2D eigenvalue weighted by molar-refractivity contribution is 6.02. The van der Waals surface area contributed by atoms with Crippen LogP contribution in [0.15, 0.2) is 66.4 Å². The van der Waals surface area contributed by atoms with Crippen molar-refractivity contribution in [3.05, 3.63) is 77.7 Å². The molecular weight excluding hydrogens is 681 g/mol. The van der Waals surface area contributed by atoms with Crippen molar-refractivity contribution >= 4 is 17.7 Å². The van der Waals surface area contributed by atoms with Gasteiger partial charge in [0.25, 0.3) is 5.91 Å². The number of hydrogen-bond donors (Lipinski definition) is 4. The molecule has 1 aromatic heterocycles. The Morgan fingerprint density at radius 1 is 1.09 bits per heavy atom. The second-order valence-corrected chi connectivity index (χ2v) is 15.2. The van der Waals surface area contributed by atoms with Crippen LogP contribution in [0.4, 0.5) is 0 Å². The van der Waals surface area contributed by atoms with E-state index in [-0.39, 0.29) is 35.8 Å². The molecule has 3 unspecified atom stereocenters. The Balaban J connectivity index is 1.47. The molecule has 0 spiro atoms. The predicted molar refractivity (Wildman–Crippen MR) is 217 cm³/mol. The maximum atomic E-state index is 12.7. The first-order valence-corrected chi connectivity index (χ1v) is 19.5. The smallest absolute Gasteiger partial charge is 0.257 e. The summed E-state index contributed by atoms with van der Waals surface area (Å²) in [6.07, 6.45) is 10.9. The van der Waals surface area contributed by atoms with Crippen LogP contribution in [0, 0.1) is 16.7 Å². The monoisotopic (exact) mass is 747 g/mol. The highest BCUT2D eigenvalue weighted by Crippen LogP contribution is 2.35. The lowest BCUT2D eigenvalue weighted by atomic mass is 9.76. The molecule has 298 valence electrons. The minimum absolute atomic E-state index is 0.0106. The molecule has 3 rings (SSSR count). The molecule has 0 radical (unpaired) electrons. The summed E-state index contributed by atoms with van der Waals surface area (Å²) < 4.78 is 19.8. The van der Waals surface area contributed by atoms with Crippen molar-refractivity contribution in [2.75, 3.05) is 45.9 Å². The van der Waals surface area contributed by atoms with Crippen LogP contribution in [0.5, 0.6) is 5.75 Å². The molecule has 54 heavy (non-hydrogen) atoms. The summed E-state index contributed by atoms with van der Waals surface area (Å²) in [5.74, 6) is 0.675. The number of carbonyl (C=O) groups excluding carboxylic acids is 1. The molecule has 3 atom stereocenters. The largest absolute Gasteiger partial charge is 0.484 e. The molecule has 1 aliphatic rings. The topological polar surface area (TPSA) is 150 Å². The van der Waals surface area contributed by atoms with Gasteiger partial charge in [0.2, 0.25) is 11.8 Å². The second-order valence-electron chi connectivity index (χ2n) is 15.2. The van der Waals surface area contributed by atoms with E-state index in [1.54, 1.807) is 24.3 Å². The number of carbonyl (C=O) groups is 1. The molecule has 1 aromatic carbocycles. The molecule has 1 amide bonds. The van der Waals surface area contributed by atoms with Gasteiger partial charge in [-0.3, -0.25) is 20.5 Å². The Hall–Kier alpha value is -4.13. The highest BCUT2D eigenvalue weighted by Gasteiger charge is 2.31. The highest BCUT2D eigenvalue weighted by atomic mass is 16.5. The molecule has 1 fully saturated rings. The lowest BCUT2D eigenvalue weighted by molar-refractivity contribution is -0.123. The van der Waals surface area contributed by atoms with E-state index in [1.807, 2.05) is 50.6 Å². The van der Waals surface area contributed by atoms with Crippen LogP contribution in [0.2, 0.25) is 0 Å². The summed E-state index contributed by atoms with van der Waals surface area (Å²) in [5, 5.41) is 32.5. The van der Waals surface area contributed by atoms with Crippen molar-refractivity contribution in [3.63, 3.8) is 0 Å². The van der Waals surface area contributed by atoms with Gasteiger partial charge in [-0.1, -0.05) is 82.3 Å². The minimum Gasteiger partial charge on any atom is -0.484 e. The van der Waals surface area contributed by atoms with Gasteiger partial charge < -0.3 is 24.8 Å². The van der Waals surface area contributed by atoms with Gasteiger partial charge in [-0.25, -0.2) is 4.68 Å². The average Bonchev–Trinajstić information content (AvgIpc) is 3.66. The Bertz CT molecular complexity index is 1590. The predicted octanol–water partition coefficient (Wildman–Crippen LogP) is 7.32. The maximum Gasteiger partial charge on any atom is 0.257 e. The van der Waals surface area contributed by atoms with E-state index < -0.39 is 11.6 Å². The van der Waals surface area contributed by atoms with Gasteiger partial charge in [-0.2, -0.15) is 0 Å². The molecule has 1 aliphatic heterocycles. The Morgan fingerprint density at radius 3 is 2.39 bits per heavy atom. The average molecular weight is 747 g/mol. The minimum atomic E-state index is -0.458. The summed E-state index contributed by atoms with van der Waals surface area (Å²) in [5.41, 5.74) is 2.90. The van der Waals surface area contributed by atoms with Crippen LogP contribution >= 0.6 is 0 Å². The third-order valence-electron chi connectivity index (χ3n) is 10.5. The van der Waals surface area contributed by atoms with Crippen molar-refractivity contribution in [2.24, 2.45) is 5.92 Å². The van der Waals surface area contributed by atoms with Gasteiger partial charge >= 0.3 is 0 Å². The second kappa shape index (κ2) is 21.1. The third-order valence-corrected chi connectivity index (χ3v) is 10.5. The number of ether oxygens (including phenoxy) is 3. The van der Waals surface area contributed by atoms with Crippen molar-refractivity contribution in [1.29, 1.82) is 10.8 Å². The molecule has 1 saturated heterocycles. The molecule has 12 nitrogen and oxygen atoms in total. The molecule has 2 aromatic rings. The number of rotatable bonds is 21. The first kappa shape index (κ1) is 44.3. The van der Waals surface area contributed by atoms with Crippen LogP contribution in [-0.4, -0.2) is 89.1 Å². The van der Waals surface area contributed by atoms with Gasteiger partial charge in [0, 0.05) is 56.5 Å². The standard InChI is InChI=1S/C42H66N8O4/c1-11-15-32(13-3)39(43)54-40(44)38(49-25-23-45-24-26-49)33-16-18-35(19-17-33)52-29-37(51)46-22-21-41(7,8)53-27-20-34(14-4)50-28-36(47-48-50)42(9,10)31(6)30(5)12-2/h11,13,15-19,28,30,34,38,43-45H,6,12,14,20-27,29H2,1-5,7-10H3,(H,46,51)/b15-11-,32-13+,43-39?,44-40?. The van der Waals surface area contributed by atoms with Gasteiger partial charge in [0.05, 0.1) is 17.3 Å². The third kappa shape index (κ3) is 12.7. The SMILES string of the molecule is C=C(C(C)CC)C(C)(C)c1cn(C(CC)CCOC(C)(C)CCNC(=O)COc2ccc(C(C(=N)OC(=N)C(/C=C\C)=C/C)N3CCNCC3)cc2)nn1. The number of amides is 1. The summed E-state index contributed by atoms with van der Waals surface area (Å²) in [4.78, 5) is 14.9. The lowest BCUT2D eigenvalue weighted by Crippen LogP contribution is -2.47. The van der Waals surface area contributed by atoms with E-state index >= 15 is 0 Å². The van der Waals surface area contributed by atoms with Crippen LogP contribution in [0.1, 0.15) is 111 Å². The summed E-state index contributed by atoms with van der Waals surface area (Å²) >= 11 is 0. The molecule has 2 heterocycles. The van der Waals surface area contributed by atoms with Crippen LogP contribution < -0.4 is 15.4 Å². The maximum absolute atomic E-state index is 12.7. The normalized spacial score (nSPS) is 16.1. The Morgan fingerprint density at radius 2 is 1.78 bits per heavy atom. The molecule has 4 N–H and O–H groups in total. The summed E-state index contributed by atoms with van der Waals surface area (Å²) in [6.45, 7) is 27.1. The fraction of sp³-hybridized carbons (Fsp3) is 0.595. The van der Waals surface area contributed by atoms with E-state index in [4.69, 9.17) is 25.0 Å². The first-order valence-electron chi connectivity index (χ1n) is 19.5. The van der Waals surface area contributed by atoms with Crippen LogP contribution in [0.3, 0.4) is 0 Å².